The molecule has 35 heavy (non-hydrogen) atoms. The Balaban J connectivity index is 0.000000326. The average Bonchev–Trinajstić information content (AvgIpc) is 3.24. The van der Waals surface area contributed by atoms with E-state index in [1.54, 1.807) is 30.5 Å². The van der Waals surface area contributed by atoms with E-state index in [1.807, 2.05) is 54.4 Å². The summed E-state index contributed by atoms with van der Waals surface area (Å²) in [5.41, 5.74) is 19.2. The molecule has 179 valence electrons. The molecule has 4 rings (SSSR count). The van der Waals surface area contributed by atoms with Gasteiger partial charge in [-0.25, -0.2) is 0 Å². The van der Waals surface area contributed by atoms with Gasteiger partial charge in [0.1, 0.15) is 6.29 Å². The molecule has 0 spiro atoms. The van der Waals surface area contributed by atoms with E-state index in [0.29, 0.717) is 29.2 Å². The minimum Gasteiger partial charge on any atom is -0.697 e. The van der Waals surface area contributed by atoms with Crippen molar-refractivity contribution < 1.29 is 47.5 Å². The zero-order valence-corrected chi connectivity index (χ0v) is 22.8. The van der Waals surface area contributed by atoms with E-state index in [9.17, 15) is 9.59 Å². The van der Waals surface area contributed by atoms with E-state index in [4.69, 9.17) is 16.7 Å². The molecule has 4 aromatic rings. The van der Waals surface area contributed by atoms with Crippen LogP contribution in [-0.4, -0.2) is 35.2 Å². The predicted molar refractivity (Wildman–Crippen MR) is 138 cm³/mol. The molecule has 0 fully saturated rings. The number of nitrogens with one attached hydrogen (secondary N) is 3. The largest absolute Gasteiger partial charge is 0.697 e. The third-order valence-electron chi connectivity index (χ3n) is 5.09. The van der Waals surface area contributed by atoms with E-state index in [1.165, 1.54) is 11.8 Å². The fourth-order valence-corrected chi connectivity index (χ4v) is 4.22. The number of hydrogen-bond acceptors (Lipinski definition) is 6. The number of thioether (sulfide) groups is 1. The summed E-state index contributed by atoms with van der Waals surface area (Å²) in [5.74, 6) is -0.134. The Hall–Kier alpha value is -2.85. The number of para-hydroxylation sites is 1. The summed E-state index contributed by atoms with van der Waals surface area (Å²) in [5, 5.41) is 10.1. The van der Waals surface area contributed by atoms with Crippen LogP contribution in [0.3, 0.4) is 0 Å². The van der Waals surface area contributed by atoms with Gasteiger partial charge >= 0.3 is 0 Å². The molecule has 8 nitrogen and oxygen atoms in total. The molecule has 1 amide bonds. The van der Waals surface area contributed by atoms with Crippen molar-refractivity contribution in [3.8, 4) is 0 Å². The molecule has 1 heterocycles. The molecule has 0 saturated heterocycles. The summed E-state index contributed by atoms with van der Waals surface area (Å²) in [4.78, 5) is 28.1. The second kappa shape index (κ2) is 13.9. The number of benzene rings is 3. The number of amides is 1. The molecule has 10 heteroatoms. The van der Waals surface area contributed by atoms with Crippen LogP contribution < -0.4 is 16.1 Å². The monoisotopic (exact) mass is 565 g/mol. The van der Waals surface area contributed by atoms with Gasteiger partial charge < -0.3 is 26.1 Å². The summed E-state index contributed by atoms with van der Waals surface area (Å²) in [6, 6.07) is 20.3. The molecular weight excluding hydrogens is 539 g/mol. The molecule has 0 bridgehead atoms. The first-order chi connectivity index (χ1) is 16.4. The number of carbonyl (C=O) groups excluding carboxylic acids is 2. The number of anilines is 2. The minimum atomic E-state index is -0.472. The maximum atomic E-state index is 11.6. The molecule has 0 atom stereocenters. The number of nitrogens with zero attached hydrogens (tertiary/aromatic N) is 1. The second-order valence-electron chi connectivity index (χ2n) is 7.40. The first-order valence-corrected chi connectivity index (χ1v) is 11.4. The molecule has 0 aliphatic heterocycles. The molecule has 6 N–H and O–H groups in total. The maximum absolute atomic E-state index is 11.6. The summed E-state index contributed by atoms with van der Waals surface area (Å²) < 4.78 is 0. The van der Waals surface area contributed by atoms with E-state index < -0.39 is 5.91 Å². The normalized spacial score (nSPS) is 10.0. The van der Waals surface area contributed by atoms with Gasteiger partial charge in [-0.2, -0.15) is 0 Å². The number of nitrogens with two attached hydrogens (primary N) is 1. The molecule has 1 aromatic heterocycles. The number of primary amides is 1. The second-order valence-corrected chi connectivity index (χ2v) is 8.46. The van der Waals surface area contributed by atoms with Gasteiger partial charge in [0.05, 0.1) is 17.1 Å². The number of H-pyrrole nitrogens is 1. The third-order valence-corrected chi connectivity index (χ3v) is 6.04. The molecule has 0 unspecified atom stereocenters. The first-order valence-electron chi connectivity index (χ1n) is 10.4. The first kappa shape index (κ1) is 28.4. The zero-order chi connectivity index (χ0) is 24.5. The van der Waals surface area contributed by atoms with Gasteiger partial charge in [-0.05, 0) is 47.5 Å². The molecule has 3 aromatic carbocycles. The van der Waals surface area contributed by atoms with Gasteiger partial charge in [0.25, 0.3) is 0 Å². The molecule has 0 saturated carbocycles. The van der Waals surface area contributed by atoms with Gasteiger partial charge in [-0.1, -0.05) is 36.4 Å². The van der Waals surface area contributed by atoms with Crippen molar-refractivity contribution in [1.29, 1.82) is 0 Å². The van der Waals surface area contributed by atoms with Crippen LogP contribution in [0.1, 0.15) is 15.9 Å². The van der Waals surface area contributed by atoms with Crippen molar-refractivity contribution in [1.82, 2.24) is 4.98 Å². The average molecular weight is 565 g/mol. The summed E-state index contributed by atoms with van der Waals surface area (Å²) in [6.45, 7) is 0.461. The number of aromatic amines is 1. The van der Waals surface area contributed by atoms with Crippen molar-refractivity contribution in [3.63, 3.8) is 0 Å². The van der Waals surface area contributed by atoms with Crippen LogP contribution in [0, 0.1) is 0 Å². The number of fused-ring (bicyclic) bond motifs is 1. The van der Waals surface area contributed by atoms with Crippen molar-refractivity contribution in [2.75, 3.05) is 23.2 Å². The molecule has 0 aliphatic carbocycles. The molecule has 0 aliphatic rings. The van der Waals surface area contributed by atoms with Crippen molar-refractivity contribution >= 4 is 51.9 Å². The number of hydrogen-bond donors (Lipinski definition) is 4. The van der Waals surface area contributed by atoms with Crippen molar-refractivity contribution in [2.45, 2.75) is 11.4 Å². The van der Waals surface area contributed by atoms with Gasteiger partial charge in [-0.15, -0.1) is 17.4 Å². The van der Waals surface area contributed by atoms with Gasteiger partial charge in [0.2, 0.25) is 5.91 Å². The predicted octanol–water partition coefficient (Wildman–Crippen LogP) is 5.36. The summed E-state index contributed by atoms with van der Waals surface area (Å²) in [7, 11) is 1.87. The number of aromatic nitrogens is 1. The van der Waals surface area contributed by atoms with Crippen LogP contribution >= 0.6 is 11.8 Å². The Kier molecular flexibility index (Phi) is 11.3. The summed E-state index contributed by atoms with van der Waals surface area (Å²) >= 11 is 1.40. The van der Waals surface area contributed by atoms with Gasteiger partial charge in [0.15, 0.2) is 0 Å². The number of rotatable bonds is 8. The van der Waals surface area contributed by atoms with Crippen LogP contribution in [0.5, 0.6) is 0 Å². The fourth-order valence-electron chi connectivity index (χ4n) is 3.44. The number of carbonyl (C=O) groups is 2. The Bertz CT molecular complexity index is 1280. The molecular formula is C25H26N5O3SY-. The van der Waals surface area contributed by atoms with Gasteiger partial charge in [-0.3, -0.25) is 15.5 Å². The third kappa shape index (κ3) is 7.57. The Morgan fingerprint density at radius 1 is 1.17 bits per heavy atom. The molecule has 1 radical (unpaired) electrons. The van der Waals surface area contributed by atoms with Crippen LogP contribution in [0.25, 0.3) is 16.6 Å². The smallest absolute Gasteiger partial charge is 0.249 e. The Morgan fingerprint density at radius 3 is 2.57 bits per heavy atom. The maximum Gasteiger partial charge on any atom is 0.249 e. The van der Waals surface area contributed by atoms with Crippen LogP contribution in [-0.2, 0) is 44.0 Å². The number of aldehydes is 1. The van der Waals surface area contributed by atoms with Crippen molar-refractivity contribution in [3.05, 3.63) is 89.8 Å². The van der Waals surface area contributed by atoms with Crippen molar-refractivity contribution in [2.24, 2.45) is 5.73 Å². The Labute approximate surface area is 233 Å². The Morgan fingerprint density at radius 2 is 1.89 bits per heavy atom. The van der Waals surface area contributed by atoms with E-state index in [0.717, 1.165) is 33.3 Å². The summed E-state index contributed by atoms with van der Waals surface area (Å²) in [6.07, 6.45) is 2.54. The van der Waals surface area contributed by atoms with E-state index >= 15 is 0 Å². The zero-order valence-electron chi connectivity index (χ0n) is 19.2. The topological polar surface area (TPSA) is 135 Å². The van der Waals surface area contributed by atoms with Gasteiger partial charge in [0, 0.05) is 62.3 Å². The van der Waals surface area contributed by atoms with Crippen LogP contribution in [0.15, 0.2) is 77.8 Å². The minimum absolute atomic E-state index is 0. The van der Waals surface area contributed by atoms with Crippen LogP contribution in [0.2, 0.25) is 0 Å². The van der Waals surface area contributed by atoms with E-state index in [-0.39, 0.29) is 32.7 Å². The van der Waals surface area contributed by atoms with Crippen LogP contribution in [0.4, 0.5) is 17.1 Å². The fraction of sp³-hybridized carbons (Fsp3) is 0.120. The quantitative estimate of drug-likeness (QED) is 0.129. The van der Waals surface area contributed by atoms with E-state index in [2.05, 4.69) is 10.5 Å². The SMILES string of the molecule is CN(Cc1ccccc1C(N)=O)c1cc(NO)ccc1SCC=O.[NH-]c1c[nH]c2ccccc12.[Y]. The standard InChI is InChI=1S/C17H19N3O3S.C8H7N2.Y/c1-20(11-12-4-2-3-5-14(12)17(18)22)15-10-13(19-23)6-7-16(15)24-9-8-21;9-7-5-10-8-4-2-1-3-6(7)8;/h2-8,10,19,23H,9,11H2,1H3,(H2,18,22);1-5,9-10H;/q;-1;.